The molecule has 102 valence electrons. The fraction of sp³-hybridized carbons (Fsp3) is 0.267. The van der Waals surface area contributed by atoms with Crippen molar-refractivity contribution in [3.63, 3.8) is 0 Å². The molecule has 1 N–H and O–H groups in total. The summed E-state index contributed by atoms with van der Waals surface area (Å²) in [6.45, 7) is 3.01. The largest absolute Gasteiger partial charge is 0.358 e. The molecule has 2 rings (SSSR count). The van der Waals surface area contributed by atoms with E-state index >= 15 is 0 Å². The molecule has 0 aliphatic rings. The zero-order chi connectivity index (χ0) is 14.5. The third-order valence-corrected chi connectivity index (χ3v) is 3.07. The Morgan fingerprint density at radius 3 is 2.70 bits per heavy atom. The summed E-state index contributed by atoms with van der Waals surface area (Å²) in [6, 6.07) is 7.59. The van der Waals surface area contributed by atoms with E-state index in [1.807, 2.05) is 43.1 Å². The van der Waals surface area contributed by atoms with Crippen molar-refractivity contribution in [3.05, 3.63) is 30.0 Å². The summed E-state index contributed by atoms with van der Waals surface area (Å²) in [6.07, 6.45) is 5.14. The van der Waals surface area contributed by atoms with Crippen LogP contribution < -0.4 is 10.2 Å². The third-order valence-electron chi connectivity index (χ3n) is 3.07. The monoisotopic (exact) mass is 268 g/mol. The number of amides is 1. The van der Waals surface area contributed by atoms with Gasteiger partial charge in [0.05, 0.1) is 6.54 Å². The number of fused-ring (bicyclic) bond motifs is 1. The SMILES string of the molecule is C#CCNC(=O)c1nnc(N(C)CC)c2ccccc12. The van der Waals surface area contributed by atoms with Crippen LogP contribution in [-0.2, 0) is 0 Å². The van der Waals surface area contributed by atoms with Crippen molar-refractivity contribution in [1.29, 1.82) is 0 Å². The van der Waals surface area contributed by atoms with Crippen LogP contribution in [0, 0.1) is 12.3 Å². The lowest BCUT2D eigenvalue weighted by molar-refractivity contribution is 0.0954. The minimum Gasteiger partial charge on any atom is -0.358 e. The Hall–Kier alpha value is -2.61. The molecule has 5 nitrogen and oxygen atoms in total. The first-order chi connectivity index (χ1) is 9.69. The van der Waals surface area contributed by atoms with Crippen molar-refractivity contribution in [2.24, 2.45) is 0 Å². The Labute approximate surface area is 118 Å². The van der Waals surface area contributed by atoms with Gasteiger partial charge in [0.15, 0.2) is 11.5 Å². The molecular formula is C15H16N4O. The molecular weight excluding hydrogens is 252 g/mol. The average Bonchev–Trinajstić information content (AvgIpc) is 2.50. The highest BCUT2D eigenvalue weighted by Gasteiger charge is 2.16. The molecule has 0 saturated carbocycles. The number of anilines is 1. The molecule has 2 aromatic rings. The highest BCUT2D eigenvalue weighted by molar-refractivity contribution is 6.07. The molecule has 5 heteroatoms. The van der Waals surface area contributed by atoms with Gasteiger partial charge in [-0.25, -0.2) is 0 Å². The van der Waals surface area contributed by atoms with E-state index in [-0.39, 0.29) is 12.5 Å². The summed E-state index contributed by atoms with van der Waals surface area (Å²) in [5.74, 6) is 2.82. The molecule has 0 bridgehead atoms. The molecule has 1 aromatic heterocycles. The molecule has 1 aromatic carbocycles. The Balaban J connectivity index is 2.54. The van der Waals surface area contributed by atoms with E-state index < -0.39 is 0 Å². The summed E-state index contributed by atoms with van der Waals surface area (Å²) < 4.78 is 0. The van der Waals surface area contributed by atoms with Crippen LogP contribution in [0.25, 0.3) is 10.8 Å². The van der Waals surface area contributed by atoms with Crippen LogP contribution in [0.2, 0.25) is 0 Å². The lowest BCUT2D eigenvalue weighted by atomic mass is 10.1. The second-order valence-electron chi connectivity index (χ2n) is 4.32. The first-order valence-corrected chi connectivity index (χ1v) is 6.37. The predicted molar refractivity (Wildman–Crippen MR) is 79.6 cm³/mol. The summed E-state index contributed by atoms with van der Waals surface area (Å²) in [5, 5.41) is 12.5. The van der Waals surface area contributed by atoms with Crippen LogP contribution in [0.5, 0.6) is 0 Å². The summed E-state index contributed by atoms with van der Waals surface area (Å²) in [4.78, 5) is 14.0. The van der Waals surface area contributed by atoms with Crippen LogP contribution in [0.4, 0.5) is 5.82 Å². The molecule has 1 heterocycles. The van der Waals surface area contributed by atoms with Gasteiger partial charge in [0.1, 0.15) is 0 Å². The number of nitrogens with one attached hydrogen (secondary N) is 1. The van der Waals surface area contributed by atoms with Crippen LogP contribution in [-0.4, -0.2) is 36.2 Å². The highest BCUT2D eigenvalue weighted by Crippen LogP contribution is 2.24. The van der Waals surface area contributed by atoms with Crippen LogP contribution >= 0.6 is 0 Å². The van der Waals surface area contributed by atoms with E-state index in [1.165, 1.54) is 0 Å². The zero-order valence-corrected chi connectivity index (χ0v) is 11.6. The lowest BCUT2D eigenvalue weighted by Gasteiger charge is -2.17. The smallest absolute Gasteiger partial charge is 0.273 e. The van der Waals surface area contributed by atoms with Gasteiger partial charge in [-0.1, -0.05) is 30.2 Å². The maximum Gasteiger partial charge on any atom is 0.273 e. The molecule has 0 saturated heterocycles. The minimum absolute atomic E-state index is 0.172. The van der Waals surface area contributed by atoms with Gasteiger partial charge in [-0.2, -0.15) is 0 Å². The van der Waals surface area contributed by atoms with E-state index in [2.05, 4.69) is 21.4 Å². The molecule has 0 radical (unpaired) electrons. The fourth-order valence-corrected chi connectivity index (χ4v) is 1.90. The van der Waals surface area contributed by atoms with Gasteiger partial charge < -0.3 is 10.2 Å². The van der Waals surface area contributed by atoms with Crippen molar-refractivity contribution in [2.45, 2.75) is 6.92 Å². The predicted octanol–water partition coefficient (Wildman–Crippen LogP) is 1.45. The maximum absolute atomic E-state index is 12.0. The Morgan fingerprint density at radius 1 is 1.35 bits per heavy atom. The number of carbonyl (C=O) groups is 1. The average molecular weight is 268 g/mol. The van der Waals surface area contributed by atoms with Crippen molar-refractivity contribution in [2.75, 3.05) is 25.0 Å². The molecule has 1 amide bonds. The number of aromatic nitrogens is 2. The molecule has 20 heavy (non-hydrogen) atoms. The fourth-order valence-electron chi connectivity index (χ4n) is 1.90. The van der Waals surface area contributed by atoms with Crippen molar-refractivity contribution >= 4 is 22.5 Å². The van der Waals surface area contributed by atoms with Gasteiger partial charge >= 0.3 is 0 Å². The number of hydrogen-bond acceptors (Lipinski definition) is 4. The number of benzene rings is 1. The molecule has 0 spiro atoms. The van der Waals surface area contributed by atoms with Gasteiger partial charge in [0.25, 0.3) is 5.91 Å². The van der Waals surface area contributed by atoms with E-state index in [1.54, 1.807) is 0 Å². The van der Waals surface area contributed by atoms with E-state index in [4.69, 9.17) is 6.42 Å². The lowest BCUT2D eigenvalue weighted by Crippen LogP contribution is -2.26. The molecule has 0 aliphatic carbocycles. The second kappa shape index (κ2) is 6.02. The number of nitrogens with zero attached hydrogens (tertiary/aromatic N) is 3. The number of rotatable bonds is 4. The standard InChI is InChI=1S/C15H16N4O/c1-4-10-16-15(20)13-11-8-6-7-9-12(11)14(18-17-13)19(3)5-2/h1,6-9H,5,10H2,2-3H3,(H,16,20). The molecule has 0 aliphatic heterocycles. The molecule has 0 atom stereocenters. The number of carbonyl (C=O) groups excluding carboxylic acids is 1. The van der Waals surface area contributed by atoms with Gasteiger partial charge in [0, 0.05) is 24.4 Å². The van der Waals surface area contributed by atoms with Crippen molar-refractivity contribution in [1.82, 2.24) is 15.5 Å². The summed E-state index contributed by atoms with van der Waals surface area (Å²) >= 11 is 0. The molecule has 0 unspecified atom stereocenters. The Bertz CT molecular complexity index is 675. The number of hydrogen-bond donors (Lipinski definition) is 1. The third kappa shape index (κ3) is 2.54. The van der Waals surface area contributed by atoms with E-state index in [0.29, 0.717) is 5.69 Å². The normalized spacial score (nSPS) is 10.1. The van der Waals surface area contributed by atoms with Crippen LogP contribution in [0.1, 0.15) is 17.4 Å². The quantitative estimate of drug-likeness (QED) is 0.853. The van der Waals surface area contributed by atoms with Gasteiger partial charge in [-0.3, -0.25) is 4.79 Å². The van der Waals surface area contributed by atoms with Crippen molar-refractivity contribution < 1.29 is 4.79 Å². The van der Waals surface area contributed by atoms with Gasteiger partial charge in [-0.05, 0) is 6.92 Å². The van der Waals surface area contributed by atoms with Crippen LogP contribution in [0.15, 0.2) is 24.3 Å². The summed E-state index contributed by atoms with van der Waals surface area (Å²) in [7, 11) is 1.94. The highest BCUT2D eigenvalue weighted by atomic mass is 16.1. The maximum atomic E-state index is 12.0. The van der Waals surface area contributed by atoms with Gasteiger partial charge in [-0.15, -0.1) is 16.6 Å². The Kier molecular flexibility index (Phi) is 4.16. The second-order valence-corrected chi connectivity index (χ2v) is 4.32. The van der Waals surface area contributed by atoms with Crippen molar-refractivity contribution in [3.8, 4) is 12.3 Å². The Morgan fingerprint density at radius 2 is 2.05 bits per heavy atom. The first-order valence-electron chi connectivity index (χ1n) is 6.37. The number of terminal acetylenes is 1. The van der Waals surface area contributed by atoms with Crippen LogP contribution in [0.3, 0.4) is 0 Å². The van der Waals surface area contributed by atoms with E-state index in [0.717, 1.165) is 23.1 Å². The zero-order valence-electron chi connectivity index (χ0n) is 11.6. The minimum atomic E-state index is -0.308. The molecule has 0 fully saturated rings. The first kappa shape index (κ1) is 13.8. The summed E-state index contributed by atoms with van der Waals surface area (Å²) in [5.41, 5.74) is 0.295. The topological polar surface area (TPSA) is 58.1 Å². The van der Waals surface area contributed by atoms with E-state index in [9.17, 15) is 4.79 Å². The van der Waals surface area contributed by atoms with Gasteiger partial charge in [0.2, 0.25) is 0 Å².